The SMILES string of the molecule is Cc1cc(Cl)nc(NS(=O)(=O)c2cc(N)cs2)n1. The maximum Gasteiger partial charge on any atom is 0.273 e. The lowest BCUT2D eigenvalue weighted by molar-refractivity contribution is 0.602. The van der Waals surface area contributed by atoms with Gasteiger partial charge in [0.25, 0.3) is 10.0 Å². The summed E-state index contributed by atoms with van der Waals surface area (Å²) in [5, 5.41) is 1.71. The highest BCUT2D eigenvalue weighted by molar-refractivity contribution is 7.94. The van der Waals surface area contributed by atoms with Crippen molar-refractivity contribution < 1.29 is 8.42 Å². The van der Waals surface area contributed by atoms with Gasteiger partial charge in [-0.1, -0.05) is 11.6 Å². The Balaban J connectivity index is 2.33. The van der Waals surface area contributed by atoms with Crippen LogP contribution in [0.1, 0.15) is 5.69 Å². The highest BCUT2D eigenvalue weighted by atomic mass is 35.5. The fraction of sp³-hybridized carbons (Fsp3) is 0.111. The average molecular weight is 305 g/mol. The quantitative estimate of drug-likeness (QED) is 0.844. The largest absolute Gasteiger partial charge is 0.398 e. The number of aryl methyl sites for hydroxylation is 1. The van der Waals surface area contributed by atoms with Gasteiger partial charge in [0.15, 0.2) is 0 Å². The summed E-state index contributed by atoms with van der Waals surface area (Å²) in [4.78, 5) is 7.73. The van der Waals surface area contributed by atoms with Crippen molar-refractivity contribution in [2.24, 2.45) is 0 Å². The molecular weight excluding hydrogens is 296 g/mol. The molecule has 2 heterocycles. The summed E-state index contributed by atoms with van der Waals surface area (Å²) >= 11 is 6.75. The minimum atomic E-state index is -3.72. The van der Waals surface area contributed by atoms with E-state index < -0.39 is 10.0 Å². The number of anilines is 2. The molecular formula is C9H9ClN4O2S2. The van der Waals surface area contributed by atoms with E-state index in [-0.39, 0.29) is 15.3 Å². The molecule has 0 radical (unpaired) electrons. The first-order chi connectivity index (χ1) is 8.37. The lowest BCUT2D eigenvalue weighted by atomic mass is 10.5. The second kappa shape index (κ2) is 4.71. The number of nitrogens with two attached hydrogens (primary N) is 1. The van der Waals surface area contributed by atoms with Crippen LogP contribution in [0.2, 0.25) is 5.15 Å². The van der Waals surface area contributed by atoms with Crippen LogP contribution < -0.4 is 10.5 Å². The van der Waals surface area contributed by atoms with E-state index in [0.717, 1.165) is 11.3 Å². The molecule has 0 aromatic carbocycles. The van der Waals surface area contributed by atoms with E-state index in [9.17, 15) is 8.42 Å². The molecule has 0 aliphatic carbocycles. The van der Waals surface area contributed by atoms with E-state index in [2.05, 4.69) is 14.7 Å². The fourth-order valence-electron chi connectivity index (χ4n) is 1.22. The Morgan fingerprint density at radius 1 is 1.39 bits per heavy atom. The lowest BCUT2D eigenvalue weighted by Gasteiger charge is -2.05. The van der Waals surface area contributed by atoms with E-state index in [0.29, 0.717) is 11.4 Å². The smallest absolute Gasteiger partial charge is 0.273 e. The molecule has 0 bridgehead atoms. The number of hydrogen-bond donors (Lipinski definition) is 2. The van der Waals surface area contributed by atoms with Crippen molar-refractivity contribution in [3.8, 4) is 0 Å². The maximum atomic E-state index is 12.0. The summed E-state index contributed by atoms with van der Waals surface area (Å²) in [7, 11) is -3.72. The second-order valence-electron chi connectivity index (χ2n) is 3.46. The fourth-order valence-corrected chi connectivity index (χ4v) is 3.48. The first-order valence-electron chi connectivity index (χ1n) is 4.75. The van der Waals surface area contributed by atoms with E-state index in [4.69, 9.17) is 17.3 Å². The van der Waals surface area contributed by atoms with Crippen molar-refractivity contribution in [3.05, 3.63) is 28.4 Å². The summed E-state index contributed by atoms with van der Waals surface area (Å²) in [5.41, 5.74) is 6.44. The highest BCUT2D eigenvalue weighted by Gasteiger charge is 2.18. The summed E-state index contributed by atoms with van der Waals surface area (Å²) in [5.74, 6) is -0.0630. The first-order valence-corrected chi connectivity index (χ1v) is 7.49. The van der Waals surface area contributed by atoms with Gasteiger partial charge in [-0.25, -0.2) is 23.1 Å². The molecule has 0 aliphatic heterocycles. The Labute approximate surface area is 113 Å². The summed E-state index contributed by atoms with van der Waals surface area (Å²) < 4.78 is 26.3. The van der Waals surface area contributed by atoms with E-state index in [1.165, 1.54) is 12.1 Å². The van der Waals surface area contributed by atoms with Crippen LogP contribution in [0.25, 0.3) is 0 Å². The summed E-state index contributed by atoms with van der Waals surface area (Å²) in [6.45, 7) is 1.69. The Morgan fingerprint density at radius 3 is 2.67 bits per heavy atom. The van der Waals surface area contributed by atoms with Crippen molar-refractivity contribution >= 4 is 44.6 Å². The number of nitrogen functional groups attached to an aromatic ring is 1. The molecule has 9 heteroatoms. The van der Waals surface area contributed by atoms with Crippen LogP contribution in [0.4, 0.5) is 11.6 Å². The molecule has 2 aromatic rings. The minimum absolute atomic E-state index is 0.0630. The zero-order valence-electron chi connectivity index (χ0n) is 9.21. The van der Waals surface area contributed by atoms with Gasteiger partial charge < -0.3 is 5.73 Å². The third-order valence-electron chi connectivity index (χ3n) is 1.91. The molecule has 0 unspecified atom stereocenters. The number of aromatic nitrogens is 2. The lowest BCUT2D eigenvalue weighted by Crippen LogP contribution is -2.14. The Bertz CT molecular complexity index is 663. The van der Waals surface area contributed by atoms with Gasteiger partial charge in [0.2, 0.25) is 5.95 Å². The van der Waals surface area contributed by atoms with Crippen molar-refractivity contribution in [2.75, 3.05) is 10.5 Å². The number of hydrogen-bond acceptors (Lipinski definition) is 6. The number of thiophene rings is 1. The third-order valence-corrected chi connectivity index (χ3v) is 4.89. The van der Waals surface area contributed by atoms with Crippen LogP contribution in [0.15, 0.2) is 21.7 Å². The minimum Gasteiger partial charge on any atom is -0.398 e. The zero-order valence-corrected chi connectivity index (χ0v) is 11.6. The van der Waals surface area contributed by atoms with Crippen LogP contribution in [0, 0.1) is 6.92 Å². The van der Waals surface area contributed by atoms with E-state index in [1.807, 2.05) is 0 Å². The highest BCUT2D eigenvalue weighted by Crippen LogP contribution is 2.23. The number of nitrogens with one attached hydrogen (secondary N) is 1. The van der Waals surface area contributed by atoms with Gasteiger partial charge in [-0.2, -0.15) is 0 Å². The van der Waals surface area contributed by atoms with Crippen LogP contribution >= 0.6 is 22.9 Å². The van der Waals surface area contributed by atoms with Gasteiger partial charge in [-0.15, -0.1) is 11.3 Å². The van der Waals surface area contributed by atoms with Crippen molar-refractivity contribution in [2.45, 2.75) is 11.1 Å². The summed E-state index contributed by atoms with van der Waals surface area (Å²) in [6, 6.07) is 2.90. The summed E-state index contributed by atoms with van der Waals surface area (Å²) in [6.07, 6.45) is 0. The predicted octanol–water partition coefficient (Wildman–Crippen LogP) is 1.88. The Morgan fingerprint density at radius 2 is 2.11 bits per heavy atom. The molecule has 2 aromatic heterocycles. The molecule has 6 nitrogen and oxygen atoms in total. The molecule has 18 heavy (non-hydrogen) atoms. The van der Waals surface area contributed by atoms with Gasteiger partial charge >= 0.3 is 0 Å². The maximum absolute atomic E-state index is 12.0. The van der Waals surface area contributed by atoms with Crippen LogP contribution in [0.3, 0.4) is 0 Å². The Kier molecular flexibility index (Phi) is 3.42. The van der Waals surface area contributed by atoms with Crippen molar-refractivity contribution in [1.82, 2.24) is 9.97 Å². The van der Waals surface area contributed by atoms with Crippen LogP contribution in [-0.2, 0) is 10.0 Å². The van der Waals surface area contributed by atoms with Gasteiger partial charge in [0, 0.05) is 16.8 Å². The number of sulfonamides is 1. The topological polar surface area (TPSA) is 98.0 Å². The van der Waals surface area contributed by atoms with E-state index >= 15 is 0 Å². The normalized spacial score (nSPS) is 11.4. The molecule has 0 amide bonds. The predicted molar refractivity (Wildman–Crippen MR) is 71.3 cm³/mol. The monoisotopic (exact) mass is 304 g/mol. The van der Waals surface area contributed by atoms with Gasteiger partial charge in [0.05, 0.1) is 0 Å². The van der Waals surface area contributed by atoms with Crippen molar-refractivity contribution in [1.29, 1.82) is 0 Å². The van der Waals surface area contributed by atoms with Crippen LogP contribution in [-0.4, -0.2) is 18.4 Å². The van der Waals surface area contributed by atoms with Gasteiger partial charge in [-0.3, -0.25) is 0 Å². The number of rotatable bonds is 3. The van der Waals surface area contributed by atoms with Gasteiger partial charge in [0.1, 0.15) is 9.36 Å². The second-order valence-corrected chi connectivity index (χ2v) is 6.67. The molecule has 0 saturated heterocycles. The van der Waals surface area contributed by atoms with E-state index in [1.54, 1.807) is 12.3 Å². The third kappa shape index (κ3) is 2.89. The molecule has 0 spiro atoms. The number of nitrogens with zero attached hydrogens (tertiary/aromatic N) is 2. The zero-order chi connectivity index (χ0) is 13.3. The molecule has 2 rings (SSSR count). The molecule has 0 aliphatic rings. The van der Waals surface area contributed by atoms with Gasteiger partial charge in [-0.05, 0) is 19.1 Å². The Hall–Kier alpha value is -1.38. The number of halogens is 1. The molecule has 3 N–H and O–H groups in total. The molecule has 96 valence electrons. The molecule has 0 fully saturated rings. The first kappa shape index (κ1) is 13.1. The standard InChI is InChI=1S/C9H9ClN4O2S2/c1-5-2-7(10)13-9(12-5)14-18(15,16)8-3-6(11)4-17-8/h2-4H,11H2,1H3,(H,12,13,14). The average Bonchev–Trinajstić information content (AvgIpc) is 2.62. The van der Waals surface area contributed by atoms with Crippen molar-refractivity contribution in [3.63, 3.8) is 0 Å². The molecule has 0 atom stereocenters. The van der Waals surface area contributed by atoms with Crippen LogP contribution in [0.5, 0.6) is 0 Å². The molecule has 0 saturated carbocycles.